The van der Waals surface area contributed by atoms with E-state index in [1.165, 1.54) is 28.8 Å². The molecule has 2 atom stereocenters. The Morgan fingerprint density at radius 3 is 2.37 bits per heavy atom. The number of aromatic hydroxyl groups is 1. The molecule has 0 radical (unpaired) electrons. The van der Waals surface area contributed by atoms with E-state index in [9.17, 15) is 24.6 Å². The van der Waals surface area contributed by atoms with Crippen molar-refractivity contribution in [1.29, 1.82) is 0 Å². The highest BCUT2D eigenvalue weighted by atomic mass is 32.2. The minimum Gasteiger partial charge on any atom is -0.508 e. The molecule has 2 amide bonds. The molecule has 3 N–H and O–H groups in total. The van der Waals surface area contributed by atoms with Crippen LogP contribution in [-0.2, 0) is 20.7 Å². The number of carbonyl (C=O) groups is 3. The number of nitrogens with zero attached hydrogens (tertiary/aromatic N) is 1. The van der Waals surface area contributed by atoms with Crippen molar-refractivity contribution in [2.24, 2.45) is 0 Å². The third-order valence-electron chi connectivity index (χ3n) is 5.56. The molecule has 1 saturated heterocycles. The summed E-state index contributed by atoms with van der Waals surface area (Å²) in [6.07, 6.45) is 0.608. The maximum atomic E-state index is 13.7. The molecule has 188 valence electrons. The number of benzene rings is 2. The summed E-state index contributed by atoms with van der Waals surface area (Å²) in [4.78, 5) is 40.9. The Morgan fingerprint density at radius 1 is 1.11 bits per heavy atom. The number of aliphatic carboxylic acids is 1. The summed E-state index contributed by atoms with van der Waals surface area (Å²) in [6.45, 7) is 5.91. The summed E-state index contributed by atoms with van der Waals surface area (Å²) in [5.41, 5.74) is -0.0100. The van der Waals surface area contributed by atoms with Crippen LogP contribution in [-0.4, -0.2) is 62.6 Å². The molecule has 8 nitrogen and oxygen atoms in total. The van der Waals surface area contributed by atoms with Crippen LogP contribution in [0.4, 0.5) is 4.79 Å². The topological polar surface area (TPSA) is 116 Å². The van der Waals surface area contributed by atoms with Crippen LogP contribution in [0.5, 0.6) is 5.75 Å². The minimum absolute atomic E-state index is 0.0587. The van der Waals surface area contributed by atoms with Crippen LogP contribution >= 0.6 is 11.8 Å². The summed E-state index contributed by atoms with van der Waals surface area (Å²) in [6, 6.07) is 14.4. The number of carboxylic acid groups (broad SMARTS) is 1. The first-order chi connectivity index (χ1) is 16.5. The van der Waals surface area contributed by atoms with E-state index in [-0.39, 0.29) is 18.7 Å². The molecule has 1 aliphatic heterocycles. The largest absolute Gasteiger partial charge is 0.508 e. The Hall–Kier alpha value is -3.20. The maximum absolute atomic E-state index is 13.7. The van der Waals surface area contributed by atoms with Gasteiger partial charge in [0.25, 0.3) is 0 Å². The highest BCUT2D eigenvalue weighted by Gasteiger charge is 2.46. The number of carboxylic acids is 1. The predicted molar refractivity (Wildman–Crippen MR) is 133 cm³/mol. The first kappa shape index (κ1) is 26.4. The number of piperidine rings is 1. The molecule has 35 heavy (non-hydrogen) atoms. The number of phenolic OH excluding ortho intramolecular Hbond substituents is 1. The van der Waals surface area contributed by atoms with Crippen molar-refractivity contribution in [3.8, 4) is 5.75 Å². The first-order valence-corrected chi connectivity index (χ1v) is 12.3. The zero-order chi connectivity index (χ0) is 25.6. The van der Waals surface area contributed by atoms with Gasteiger partial charge in [-0.2, -0.15) is 0 Å². The second-order valence-electron chi connectivity index (χ2n) is 9.65. The Balaban J connectivity index is 1.86. The lowest BCUT2D eigenvalue weighted by molar-refractivity contribution is -0.142. The van der Waals surface area contributed by atoms with Crippen LogP contribution < -0.4 is 5.32 Å². The summed E-state index contributed by atoms with van der Waals surface area (Å²) >= 11 is 1.33. The van der Waals surface area contributed by atoms with Gasteiger partial charge in [-0.05, 0) is 63.4 Å². The molecule has 0 aromatic heterocycles. The van der Waals surface area contributed by atoms with Gasteiger partial charge >= 0.3 is 12.1 Å². The summed E-state index contributed by atoms with van der Waals surface area (Å²) < 4.78 is 4.46. The number of nitrogens with one attached hydrogen (secondary N) is 1. The van der Waals surface area contributed by atoms with E-state index >= 15 is 0 Å². The van der Waals surface area contributed by atoms with Crippen molar-refractivity contribution >= 4 is 29.7 Å². The van der Waals surface area contributed by atoms with Gasteiger partial charge in [-0.3, -0.25) is 4.79 Å². The van der Waals surface area contributed by atoms with E-state index in [4.69, 9.17) is 4.74 Å². The van der Waals surface area contributed by atoms with Gasteiger partial charge in [-0.25, -0.2) is 9.59 Å². The smallest absolute Gasteiger partial charge is 0.410 e. The number of phenols is 1. The van der Waals surface area contributed by atoms with E-state index in [1.807, 2.05) is 30.3 Å². The Morgan fingerprint density at radius 2 is 1.77 bits per heavy atom. The van der Waals surface area contributed by atoms with Crippen LogP contribution in [0.2, 0.25) is 0 Å². The molecule has 1 fully saturated rings. The number of thioether (sulfide) groups is 1. The molecule has 2 aromatic carbocycles. The number of ether oxygens (including phenoxy) is 1. The van der Waals surface area contributed by atoms with Gasteiger partial charge in [0.1, 0.15) is 22.1 Å². The van der Waals surface area contributed by atoms with Crippen LogP contribution in [0, 0.1) is 0 Å². The van der Waals surface area contributed by atoms with E-state index in [0.717, 1.165) is 4.90 Å². The van der Waals surface area contributed by atoms with Gasteiger partial charge in [0.15, 0.2) is 0 Å². The molecule has 9 heteroatoms. The monoisotopic (exact) mass is 500 g/mol. The third-order valence-corrected chi connectivity index (χ3v) is 6.97. The van der Waals surface area contributed by atoms with Crippen molar-refractivity contribution in [3.05, 3.63) is 60.2 Å². The molecule has 0 saturated carbocycles. The molecule has 2 aromatic rings. The van der Waals surface area contributed by atoms with Crippen LogP contribution in [0.25, 0.3) is 0 Å². The molecule has 0 bridgehead atoms. The molecular formula is C26H32N2O6S. The number of carbonyl (C=O) groups excluding carboxylic acids is 2. The Bertz CT molecular complexity index is 1040. The number of likely N-dealkylation sites (tertiary alicyclic amines) is 1. The van der Waals surface area contributed by atoms with Gasteiger partial charge in [-0.15, -0.1) is 11.8 Å². The quantitative estimate of drug-likeness (QED) is 0.525. The van der Waals surface area contributed by atoms with Crippen molar-refractivity contribution in [2.45, 2.75) is 61.3 Å². The lowest BCUT2D eigenvalue weighted by atomic mass is 9.95. The Kier molecular flexibility index (Phi) is 8.32. The normalized spacial score (nSPS) is 19.0. The van der Waals surface area contributed by atoms with Crippen molar-refractivity contribution in [1.82, 2.24) is 10.2 Å². The van der Waals surface area contributed by atoms with Crippen molar-refractivity contribution < 1.29 is 29.3 Å². The first-order valence-electron chi connectivity index (χ1n) is 11.5. The SMILES string of the molecule is CC(C)(C)OC(=O)N1CCCC(Sc2ccccc2)(C(=O)N[C@@H](Cc2ccc(O)cc2)C(=O)O)C1. The van der Waals surface area contributed by atoms with Crippen molar-refractivity contribution in [3.63, 3.8) is 0 Å². The number of hydrogen-bond donors (Lipinski definition) is 3. The average Bonchev–Trinajstić information content (AvgIpc) is 2.79. The number of hydrogen-bond acceptors (Lipinski definition) is 6. The van der Waals surface area contributed by atoms with Crippen LogP contribution in [0.3, 0.4) is 0 Å². The van der Waals surface area contributed by atoms with E-state index < -0.39 is 34.4 Å². The third kappa shape index (κ3) is 7.39. The second-order valence-corrected chi connectivity index (χ2v) is 11.1. The summed E-state index contributed by atoms with van der Waals surface area (Å²) in [7, 11) is 0. The van der Waals surface area contributed by atoms with Gasteiger partial charge in [0.05, 0.1) is 0 Å². The maximum Gasteiger partial charge on any atom is 0.410 e. The molecule has 1 unspecified atom stereocenters. The van der Waals surface area contributed by atoms with E-state index in [1.54, 1.807) is 32.9 Å². The van der Waals surface area contributed by atoms with Gasteiger partial charge in [-0.1, -0.05) is 30.3 Å². The predicted octanol–water partition coefficient (Wildman–Crippen LogP) is 4.07. The fourth-order valence-electron chi connectivity index (χ4n) is 3.89. The second kappa shape index (κ2) is 11.0. The van der Waals surface area contributed by atoms with E-state index in [0.29, 0.717) is 24.9 Å². The molecule has 3 rings (SSSR count). The molecular weight excluding hydrogens is 468 g/mol. The lowest BCUT2D eigenvalue weighted by Gasteiger charge is -2.41. The van der Waals surface area contributed by atoms with Crippen molar-refractivity contribution in [2.75, 3.05) is 13.1 Å². The summed E-state index contributed by atoms with van der Waals surface area (Å²) in [5, 5.41) is 22.0. The fourth-order valence-corrected chi connectivity index (χ4v) is 5.25. The summed E-state index contributed by atoms with van der Waals surface area (Å²) in [5.74, 6) is -1.52. The lowest BCUT2D eigenvalue weighted by Crippen LogP contribution is -2.59. The highest BCUT2D eigenvalue weighted by molar-refractivity contribution is 8.01. The zero-order valence-corrected chi connectivity index (χ0v) is 21.0. The van der Waals surface area contributed by atoms with E-state index in [2.05, 4.69) is 5.32 Å². The molecule has 0 spiro atoms. The van der Waals surface area contributed by atoms with Gasteiger partial charge < -0.3 is 25.2 Å². The van der Waals surface area contributed by atoms with Gasteiger partial charge in [0, 0.05) is 24.4 Å². The average molecular weight is 501 g/mol. The van der Waals surface area contributed by atoms with Crippen LogP contribution in [0.15, 0.2) is 59.5 Å². The zero-order valence-electron chi connectivity index (χ0n) is 20.2. The minimum atomic E-state index is -1.17. The number of amides is 2. The molecule has 1 heterocycles. The number of rotatable bonds is 7. The fraction of sp³-hybridized carbons (Fsp3) is 0.423. The molecule has 1 aliphatic rings. The van der Waals surface area contributed by atoms with Gasteiger partial charge in [0.2, 0.25) is 5.91 Å². The standard InChI is InChI=1S/C26H32N2O6S/c1-25(2,3)34-24(33)28-15-7-14-26(17-28,35-20-8-5-4-6-9-20)23(32)27-21(22(30)31)16-18-10-12-19(29)13-11-18/h4-6,8-13,21,29H,7,14-17H2,1-3H3,(H,27,32)(H,30,31)/t21-,26?/m0/s1. The van der Waals surface area contributed by atoms with Crippen LogP contribution in [0.1, 0.15) is 39.2 Å². The highest BCUT2D eigenvalue weighted by Crippen LogP contribution is 2.40. The molecule has 0 aliphatic carbocycles. The Labute approximate surface area is 209 Å².